The highest BCUT2D eigenvalue weighted by Gasteiger charge is 2.10. The smallest absolute Gasteiger partial charge is 0.240 e. The minimum absolute atomic E-state index is 0.114. The lowest BCUT2D eigenvalue weighted by Gasteiger charge is -2.05. The molecule has 1 aromatic rings. The maximum atomic E-state index is 11.3. The average molecular weight is 198 g/mol. The highest BCUT2D eigenvalue weighted by molar-refractivity contribution is 5.77. The molecule has 1 heterocycles. The maximum Gasteiger partial charge on any atom is 0.240 e. The molecule has 3 N–H and O–H groups in total. The minimum atomic E-state index is -0.121. The summed E-state index contributed by atoms with van der Waals surface area (Å²) < 4.78 is 4.75. The normalized spacial score (nSPS) is 10.6. The molecular formula is C8H14N4O2. The van der Waals surface area contributed by atoms with Gasteiger partial charge in [-0.15, -0.1) is 0 Å². The highest BCUT2D eigenvalue weighted by Crippen LogP contribution is 1.97. The van der Waals surface area contributed by atoms with Crippen LogP contribution in [0.5, 0.6) is 0 Å². The Balaban J connectivity index is 2.47. The first-order valence-electron chi connectivity index (χ1n) is 4.42. The van der Waals surface area contributed by atoms with E-state index in [-0.39, 0.29) is 24.9 Å². The number of rotatable bonds is 4. The van der Waals surface area contributed by atoms with Gasteiger partial charge >= 0.3 is 0 Å². The molecule has 0 aromatic carbocycles. The molecule has 0 aliphatic rings. The fourth-order valence-corrected chi connectivity index (χ4v) is 0.961. The third-order valence-corrected chi connectivity index (χ3v) is 1.45. The molecule has 0 saturated carbocycles. The predicted octanol–water partition coefficient (Wildman–Crippen LogP) is -0.405. The van der Waals surface area contributed by atoms with Crippen molar-refractivity contribution in [1.29, 1.82) is 0 Å². The molecule has 0 spiro atoms. The molecule has 0 radical (unpaired) electrons. The molecule has 0 bridgehead atoms. The molecule has 0 atom stereocenters. The molecule has 0 saturated heterocycles. The van der Waals surface area contributed by atoms with Gasteiger partial charge in [0.1, 0.15) is 0 Å². The Labute approximate surface area is 81.9 Å². The van der Waals surface area contributed by atoms with Crippen LogP contribution in [-0.2, 0) is 17.8 Å². The van der Waals surface area contributed by atoms with E-state index >= 15 is 0 Å². The molecule has 6 nitrogen and oxygen atoms in total. The molecule has 0 aliphatic carbocycles. The van der Waals surface area contributed by atoms with Crippen molar-refractivity contribution in [3.63, 3.8) is 0 Å². The molecule has 1 aromatic heterocycles. The van der Waals surface area contributed by atoms with Gasteiger partial charge in [0.2, 0.25) is 11.8 Å². The number of aromatic nitrogens is 2. The number of carbonyl (C=O) groups is 1. The molecule has 78 valence electrons. The van der Waals surface area contributed by atoms with Gasteiger partial charge < -0.3 is 15.6 Å². The fraction of sp³-hybridized carbons (Fsp3) is 0.625. The van der Waals surface area contributed by atoms with Crippen LogP contribution in [0.4, 0.5) is 0 Å². The summed E-state index contributed by atoms with van der Waals surface area (Å²) in [7, 11) is 0. The number of nitrogens with zero attached hydrogens (tertiary/aromatic N) is 2. The van der Waals surface area contributed by atoms with Crippen molar-refractivity contribution in [2.24, 2.45) is 5.73 Å². The van der Waals surface area contributed by atoms with E-state index in [9.17, 15) is 4.79 Å². The molecule has 0 fully saturated rings. The van der Waals surface area contributed by atoms with Crippen LogP contribution >= 0.6 is 0 Å². The zero-order valence-corrected chi connectivity index (χ0v) is 8.28. The fourth-order valence-electron chi connectivity index (χ4n) is 0.961. The number of hydrogen-bond acceptors (Lipinski definition) is 5. The van der Waals surface area contributed by atoms with Crippen molar-refractivity contribution in [3.8, 4) is 0 Å². The van der Waals surface area contributed by atoms with E-state index in [0.29, 0.717) is 11.7 Å². The van der Waals surface area contributed by atoms with Gasteiger partial charge in [0, 0.05) is 6.04 Å². The molecular weight excluding hydrogens is 184 g/mol. The van der Waals surface area contributed by atoms with Crippen LogP contribution in [0.1, 0.15) is 25.6 Å². The Morgan fingerprint density at radius 2 is 2.36 bits per heavy atom. The standard InChI is InChI=1S/C8H14N4O2/c1-5(2)10-7(13)3-6-11-8(4-9)14-12-6/h5H,3-4,9H2,1-2H3,(H,10,13). The third-order valence-electron chi connectivity index (χ3n) is 1.45. The van der Waals surface area contributed by atoms with Crippen molar-refractivity contribution in [1.82, 2.24) is 15.5 Å². The number of hydrogen-bond donors (Lipinski definition) is 2. The zero-order valence-electron chi connectivity index (χ0n) is 8.28. The number of amides is 1. The first kappa shape index (κ1) is 10.6. The van der Waals surface area contributed by atoms with Gasteiger partial charge in [-0.25, -0.2) is 0 Å². The lowest BCUT2D eigenvalue weighted by molar-refractivity contribution is -0.121. The van der Waals surface area contributed by atoms with Crippen LogP contribution in [0.15, 0.2) is 4.52 Å². The second-order valence-corrected chi connectivity index (χ2v) is 3.21. The Kier molecular flexibility index (Phi) is 3.58. The van der Waals surface area contributed by atoms with Crippen LogP contribution < -0.4 is 11.1 Å². The highest BCUT2D eigenvalue weighted by atomic mass is 16.5. The molecule has 0 unspecified atom stereocenters. The van der Waals surface area contributed by atoms with Crippen molar-refractivity contribution in [2.75, 3.05) is 0 Å². The molecule has 0 aliphatic heterocycles. The average Bonchev–Trinajstić information content (AvgIpc) is 2.50. The van der Waals surface area contributed by atoms with E-state index in [4.69, 9.17) is 10.3 Å². The summed E-state index contributed by atoms with van der Waals surface area (Å²) in [6, 6.07) is 0.114. The summed E-state index contributed by atoms with van der Waals surface area (Å²) >= 11 is 0. The number of carbonyl (C=O) groups excluding carboxylic acids is 1. The van der Waals surface area contributed by atoms with Crippen LogP contribution in [0.3, 0.4) is 0 Å². The quantitative estimate of drug-likeness (QED) is 0.686. The summed E-state index contributed by atoms with van der Waals surface area (Å²) in [6.07, 6.45) is 0.127. The third kappa shape index (κ3) is 3.14. The summed E-state index contributed by atoms with van der Waals surface area (Å²) in [4.78, 5) is 15.2. The number of nitrogens with two attached hydrogens (primary N) is 1. The van der Waals surface area contributed by atoms with Crippen molar-refractivity contribution in [2.45, 2.75) is 32.9 Å². The van der Waals surface area contributed by atoms with Gasteiger partial charge in [0.15, 0.2) is 5.82 Å². The van der Waals surface area contributed by atoms with E-state index in [0.717, 1.165) is 0 Å². The number of nitrogens with one attached hydrogen (secondary N) is 1. The SMILES string of the molecule is CC(C)NC(=O)Cc1noc(CN)n1. The summed E-state index contributed by atoms with van der Waals surface area (Å²) in [5, 5.41) is 6.33. The Bertz CT molecular complexity index is 308. The molecule has 1 amide bonds. The van der Waals surface area contributed by atoms with E-state index in [1.165, 1.54) is 0 Å². The van der Waals surface area contributed by atoms with Gasteiger partial charge in [-0.1, -0.05) is 5.16 Å². The molecule has 1 rings (SSSR count). The Hall–Kier alpha value is -1.43. The summed E-state index contributed by atoms with van der Waals surface area (Å²) in [5.41, 5.74) is 5.28. The van der Waals surface area contributed by atoms with Crippen LogP contribution in [-0.4, -0.2) is 22.1 Å². The monoisotopic (exact) mass is 198 g/mol. The van der Waals surface area contributed by atoms with E-state index in [1.54, 1.807) is 0 Å². The van der Waals surface area contributed by atoms with E-state index in [1.807, 2.05) is 13.8 Å². The van der Waals surface area contributed by atoms with Gasteiger partial charge in [-0.05, 0) is 13.8 Å². The first-order valence-corrected chi connectivity index (χ1v) is 4.42. The Morgan fingerprint density at radius 3 is 2.86 bits per heavy atom. The summed E-state index contributed by atoms with van der Waals surface area (Å²) in [6.45, 7) is 3.97. The van der Waals surface area contributed by atoms with Gasteiger partial charge in [-0.2, -0.15) is 4.98 Å². The van der Waals surface area contributed by atoms with E-state index in [2.05, 4.69) is 15.5 Å². The van der Waals surface area contributed by atoms with Crippen LogP contribution in [0, 0.1) is 0 Å². The first-order chi connectivity index (χ1) is 6.61. The van der Waals surface area contributed by atoms with Crippen molar-refractivity contribution in [3.05, 3.63) is 11.7 Å². The van der Waals surface area contributed by atoms with Crippen LogP contribution in [0.25, 0.3) is 0 Å². The van der Waals surface area contributed by atoms with Crippen LogP contribution in [0.2, 0.25) is 0 Å². The van der Waals surface area contributed by atoms with Crippen molar-refractivity contribution < 1.29 is 9.32 Å². The van der Waals surface area contributed by atoms with Gasteiger partial charge in [-0.3, -0.25) is 4.79 Å². The Morgan fingerprint density at radius 1 is 1.64 bits per heavy atom. The van der Waals surface area contributed by atoms with E-state index < -0.39 is 0 Å². The lowest BCUT2D eigenvalue weighted by atomic mass is 10.3. The van der Waals surface area contributed by atoms with Crippen molar-refractivity contribution >= 4 is 5.91 Å². The zero-order chi connectivity index (χ0) is 10.6. The summed E-state index contributed by atoms with van der Waals surface area (Å²) in [5.74, 6) is 0.588. The second kappa shape index (κ2) is 4.71. The largest absolute Gasteiger partial charge is 0.354 e. The minimum Gasteiger partial charge on any atom is -0.354 e. The van der Waals surface area contributed by atoms with Gasteiger partial charge in [0.25, 0.3) is 0 Å². The maximum absolute atomic E-state index is 11.3. The predicted molar refractivity (Wildman–Crippen MR) is 49.2 cm³/mol. The lowest BCUT2D eigenvalue weighted by Crippen LogP contribution is -2.31. The molecule has 14 heavy (non-hydrogen) atoms. The second-order valence-electron chi connectivity index (χ2n) is 3.21. The topological polar surface area (TPSA) is 94.0 Å². The molecule has 6 heteroatoms. The van der Waals surface area contributed by atoms with Gasteiger partial charge in [0.05, 0.1) is 13.0 Å².